The fraction of sp³-hybridized carbons (Fsp3) is 0.333. The first-order valence-corrected chi connectivity index (χ1v) is 6.79. The van der Waals surface area contributed by atoms with Crippen LogP contribution in [0.25, 0.3) is 0 Å². The number of aromatic nitrogens is 2. The molecule has 0 aliphatic heterocycles. The lowest BCUT2D eigenvalue weighted by Gasteiger charge is -2.22. The summed E-state index contributed by atoms with van der Waals surface area (Å²) in [6.07, 6.45) is 3.50. The number of para-hydroxylation sites is 1. The lowest BCUT2D eigenvalue weighted by Crippen LogP contribution is -2.32. The minimum atomic E-state index is -0.102. The molecule has 5 heteroatoms. The standard InChI is InChI=1S/C15H20N4O/c1-3-4-10-19(12-8-6-5-7-9-12)15(20)13-11-17-18(2)14(13)16/h5-9,11H,3-4,10,16H2,1-2H3. The molecule has 0 bridgehead atoms. The molecule has 0 spiro atoms. The van der Waals surface area contributed by atoms with Crippen LogP contribution in [0, 0.1) is 0 Å². The Morgan fingerprint density at radius 3 is 2.60 bits per heavy atom. The van der Waals surface area contributed by atoms with Gasteiger partial charge in [0.1, 0.15) is 11.4 Å². The highest BCUT2D eigenvalue weighted by molar-refractivity contribution is 6.08. The predicted molar refractivity (Wildman–Crippen MR) is 80.6 cm³/mol. The molecule has 0 saturated heterocycles. The number of amides is 1. The number of rotatable bonds is 5. The Hall–Kier alpha value is -2.30. The molecular weight excluding hydrogens is 252 g/mol. The van der Waals surface area contributed by atoms with Gasteiger partial charge in [0.15, 0.2) is 0 Å². The maximum atomic E-state index is 12.7. The molecule has 5 nitrogen and oxygen atoms in total. The maximum absolute atomic E-state index is 12.7. The van der Waals surface area contributed by atoms with Gasteiger partial charge in [0.05, 0.1) is 6.20 Å². The summed E-state index contributed by atoms with van der Waals surface area (Å²) in [5.74, 6) is 0.294. The second-order valence-electron chi connectivity index (χ2n) is 4.71. The fourth-order valence-corrected chi connectivity index (χ4v) is 2.03. The van der Waals surface area contributed by atoms with E-state index in [-0.39, 0.29) is 5.91 Å². The van der Waals surface area contributed by atoms with Crippen LogP contribution in [0.3, 0.4) is 0 Å². The van der Waals surface area contributed by atoms with E-state index < -0.39 is 0 Å². The molecule has 1 heterocycles. The second kappa shape index (κ2) is 6.23. The highest BCUT2D eigenvalue weighted by Crippen LogP contribution is 2.20. The summed E-state index contributed by atoms with van der Waals surface area (Å²) in [5, 5.41) is 4.04. The van der Waals surface area contributed by atoms with Crippen molar-refractivity contribution in [1.82, 2.24) is 9.78 Å². The van der Waals surface area contributed by atoms with Gasteiger partial charge in [-0.25, -0.2) is 0 Å². The number of carbonyl (C=O) groups excluding carboxylic acids is 1. The molecule has 1 aromatic carbocycles. The topological polar surface area (TPSA) is 64.2 Å². The van der Waals surface area contributed by atoms with Crippen molar-refractivity contribution in [3.8, 4) is 0 Å². The van der Waals surface area contributed by atoms with E-state index >= 15 is 0 Å². The summed E-state index contributed by atoms with van der Waals surface area (Å²) in [6, 6.07) is 9.65. The van der Waals surface area contributed by atoms with Crippen molar-refractivity contribution in [2.24, 2.45) is 7.05 Å². The molecule has 20 heavy (non-hydrogen) atoms. The van der Waals surface area contributed by atoms with Crippen LogP contribution in [0.5, 0.6) is 0 Å². The van der Waals surface area contributed by atoms with E-state index in [2.05, 4.69) is 12.0 Å². The van der Waals surface area contributed by atoms with Gasteiger partial charge in [0, 0.05) is 19.3 Å². The van der Waals surface area contributed by atoms with Gasteiger partial charge in [-0.15, -0.1) is 0 Å². The van der Waals surface area contributed by atoms with Crippen LogP contribution in [-0.2, 0) is 7.05 Å². The smallest absolute Gasteiger partial charge is 0.263 e. The molecule has 2 aromatic rings. The van der Waals surface area contributed by atoms with Crippen molar-refractivity contribution in [3.05, 3.63) is 42.1 Å². The first-order valence-electron chi connectivity index (χ1n) is 6.79. The Labute approximate surface area is 119 Å². The van der Waals surface area contributed by atoms with Crippen molar-refractivity contribution >= 4 is 17.4 Å². The van der Waals surface area contributed by atoms with Crippen molar-refractivity contribution in [2.45, 2.75) is 19.8 Å². The van der Waals surface area contributed by atoms with Gasteiger partial charge in [-0.3, -0.25) is 9.48 Å². The molecule has 0 unspecified atom stereocenters. The monoisotopic (exact) mass is 272 g/mol. The van der Waals surface area contributed by atoms with Gasteiger partial charge >= 0.3 is 0 Å². The van der Waals surface area contributed by atoms with Crippen molar-refractivity contribution in [1.29, 1.82) is 0 Å². The fourth-order valence-electron chi connectivity index (χ4n) is 2.03. The molecule has 106 valence electrons. The lowest BCUT2D eigenvalue weighted by molar-refractivity contribution is 0.0987. The van der Waals surface area contributed by atoms with Crippen molar-refractivity contribution in [3.63, 3.8) is 0 Å². The number of aryl methyl sites for hydroxylation is 1. The summed E-state index contributed by atoms with van der Waals surface area (Å²) in [7, 11) is 1.73. The molecule has 2 rings (SSSR count). The molecule has 0 fully saturated rings. The Morgan fingerprint density at radius 2 is 2.05 bits per heavy atom. The van der Waals surface area contributed by atoms with Crippen LogP contribution in [0.1, 0.15) is 30.1 Å². The highest BCUT2D eigenvalue weighted by Gasteiger charge is 2.21. The summed E-state index contributed by atoms with van der Waals surface area (Å²) < 4.78 is 1.51. The second-order valence-corrected chi connectivity index (χ2v) is 4.71. The largest absolute Gasteiger partial charge is 0.383 e. The Bertz CT molecular complexity index is 577. The van der Waals surface area contributed by atoms with Gasteiger partial charge in [-0.05, 0) is 18.6 Å². The Morgan fingerprint density at radius 1 is 1.35 bits per heavy atom. The number of nitrogens with two attached hydrogens (primary N) is 1. The molecule has 2 N–H and O–H groups in total. The predicted octanol–water partition coefficient (Wildman–Crippen LogP) is 2.45. The molecule has 0 radical (unpaired) electrons. The lowest BCUT2D eigenvalue weighted by atomic mass is 10.2. The molecular formula is C15H20N4O. The Kier molecular flexibility index (Phi) is 4.40. The molecule has 0 aliphatic rings. The number of anilines is 2. The van der Waals surface area contributed by atoms with Crippen LogP contribution in [0.15, 0.2) is 36.5 Å². The van der Waals surface area contributed by atoms with Crippen LogP contribution in [0.4, 0.5) is 11.5 Å². The van der Waals surface area contributed by atoms with E-state index in [4.69, 9.17) is 5.73 Å². The van der Waals surface area contributed by atoms with E-state index in [0.29, 0.717) is 17.9 Å². The SMILES string of the molecule is CCCCN(C(=O)c1cnn(C)c1N)c1ccccc1. The number of hydrogen-bond acceptors (Lipinski definition) is 3. The van der Waals surface area contributed by atoms with Gasteiger partial charge in [0.2, 0.25) is 0 Å². The van der Waals surface area contributed by atoms with E-state index in [9.17, 15) is 4.79 Å². The quantitative estimate of drug-likeness (QED) is 0.909. The first-order chi connectivity index (χ1) is 9.65. The van der Waals surface area contributed by atoms with E-state index in [1.54, 1.807) is 11.9 Å². The van der Waals surface area contributed by atoms with Gasteiger partial charge < -0.3 is 10.6 Å². The zero-order valence-corrected chi connectivity index (χ0v) is 11.9. The third-order valence-corrected chi connectivity index (χ3v) is 3.26. The number of nitrogen functional groups attached to an aromatic ring is 1. The number of carbonyl (C=O) groups is 1. The number of unbranched alkanes of at least 4 members (excludes halogenated alkanes) is 1. The third kappa shape index (κ3) is 2.82. The minimum absolute atomic E-state index is 0.102. The zero-order chi connectivity index (χ0) is 14.5. The minimum Gasteiger partial charge on any atom is -0.383 e. The summed E-state index contributed by atoms with van der Waals surface area (Å²) in [5.41, 5.74) is 7.24. The van der Waals surface area contributed by atoms with E-state index in [0.717, 1.165) is 18.5 Å². The molecule has 1 amide bonds. The number of hydrogen-bond donors (Lipinski definition) is 1. The van der Waals surface area contributed by atoms with Gasteiger partial charge in [-0.2, -0.15) is 5.10 Å². The van der Waals surface area contributed by atoms with Gasteiger partial charge in [0.25, 0.3) is 5.91 Å². The number of benzene rings is 1. The first kappa shape index (κ1) is 14.1. The summed E-state index contributed by atoms with van der Waals surface area (Å²) in [4.78, 5) is 14.4. The van der Waals surface area contributed by atoms with Gasteiger partial charge in [-0.1, -0.05) is 31.5 Å². The highest BCUT2D eigenvalue weighted by atomic mass is 16.2. The van der Waals surface area contributed by atoms with Crippen LogP contribution >= 0.6 is 0 Å². The molecule has 0 atom stereocenters. The normalized spacial score (nSPS) is 10.5. The average Bonchev–Trinajstić information content (AvgIpc) is 2.80. The average molecular weight is 272 g/mol. The number of nitrogens with zero attached hydrogens (tertiary/aromatic N) is 3. The summed E-state index contributed by atoms with van der Waals surface area (Å²) in [6.45, 7) is 2.78. The third-order valence-electron chi connectivity index (χ3n) is 3.26. The van der Waals surface area contributed by atoms with E-state index in [1.807, 2.05) is 30.3 Å². The summed E-state index contributed by atoms with van der Waals surface area (Å²) >= 11 is 0. The van der Waals surface area contributed by atoms with Crippen LogP contribution in [0.2, 0.25) is 0 Å². The van der Waals surface area contributed by atoms with Crippen molar-refractivity contribution < 1.29 is 4.79 Å². The van der Waals surface area contributed by atoms with Crippen LogP contribution < -0.4 is 10.6 Å². The van der Waals surface area contributed by atoms with E-state index in [1.165, 1.54) is 10.9 Å². The van der Waals surface area contributed by atoms with Crippen molar-refractivity contribution in [2.75, 3.05) is 17.2 Å². The molecule has 1 aromatic heterocycles. The Balaban J connectivity index is 2.31. The van der Waals surface area contributed by atoms with Crippen LogP contribution in [-0.4, -0.2) is 22.2 Å². The molecule has 0 aliphatic carbocycles. The molecule has 0 saturated carbocycles. The maximum Gasteiger partial charge on any atom is 0.263 e. The zero-order valence-electron chi connectivity index (χ0n) is 11.9.